The molecule has 0 atom stereocenters. The van der Waals surface area contributed by atoms with E-state index in [1.54, 1.807) is 6.92 Å². The summed E-state index contributed by atoms with van der Waals surface area (Å²) in [6.45, 7) is 2.10. The molecule has 0 aromatic carbocycles. The molecule has 0 bridgehead atoms. The molecule has 1 heterocycles. The second-order valence-electron chi connectivity index (χ2n) is 2.50. The van der Waals surface area contributed by atoms with E-state index in [2.05, 4.69) is 16.0 Å². The van der Waals surface area contributed by atoms with E-state index in [-0.39, 0.29) is 5.02 Å². The van der Waals surface area contributed by atoms with E-state index in [0.717, 1.165) is 4.68 Å². The van der Waals surface area contributed by atoms with Crippen LogP contribution in [0.3, 0.4) is 0 Å². The van der Waals surface area contributed by atoms with E-state index >= 15 is 0 Å². The summed E-state index contributed by atoms with van der Waals surface area (Å²) in [7, 11) is 0. The van der Waals surface area contributed by atoms with E-state index in [0.29, 0.717) is 13.0 Å². The predicted octanol–water partition coefficient (Wildman–Crippen LogP) is 2.65. The van der Waals surface area contributed by atoms with Crippen molar-refractivity contribution in [1.82, 2.24) is 9.78 Å². The van der Waals surface area contributed by atoms with Gasteiger partial charge in [0.15, 0.2) is 0 Å². The number of hydrogen-bond donors (Lipinski definition) is 0. The molecule has 79 valence electrons. The van der Waals surface area contributed by atoms with Gasteiger partial charge in [0.25, 0.3) is 0 Å². The molecule has 1 aromatic heterocycles. The zero-order chi connectivity index (χ0) is 10.8. The highest BCUT2D eigenvalue weighted by Crippen LogP contribution is 2.29. The predicted molar refractivity (Wildman–Crippen MR) is 43.0 cm³/mol. The summed E-state index contributed by atoms with van der Waals surface area (Å²) in [5.41, 5.74) is 0. The largest absolute Gasteiger partial charge is 0.574 e. The second kappa shape index (κ2) is 4.08. The number of rotatable bonds is 3. The Morgan fingerprint density at radius 1 is 1.57 bits per heavy atom. The van der Waals surface area contributed by atoms with Gasteiger partial charge in [0.05, 0.1) is 0 Å². The average Bonchev–Trinajstić information content (AvgIpc) is 2.34. The highest BCUT2D eigenvalue weighted by molar-refractivity contribution is 6.31. The fraction of sp³-hybridized carbons (Fsp3) is 0.571. The van der Waals surface area contributed by atoms with Gasteiger partial charge >= 0.3 is 6.36 Å². The van der Waals surface area contributed by atoms with E-state index < -0.39 is 12.2 Å². The molecule has 0 aliphatic carbocycles. The van der Waals surface area contributed by atoms with Crippen LogP contribution in [-0.2, 0) is 6.54 Å². The molecule has 3 nitrogen and oxygen atoms in total. The Bertz CT molecular complexity index is 310. The summed E-state index contributed by atoms with van der Waals surface area (Å²) in [5.74, 6) is -0.513. The van der Waals surface area contributed by atoms with Crippen molar-refractivity contribution in [1.29, 1.82) is 0 Å². The zero-order valence-electron chi connectivity index (χ0n) is 7.23. The van der Waals surface area contributed by atoms with Gasteiger partial charge < -0.3 is 4.74 Å². The van der Waals surface area contributed by atoms with Gasteiger partial charge in [-0.15, -0.1) is 13.2 Å². The molecule has 1 radical (unpaired) electrons. The number of nitrogens with zero attached hydrogens (tertiary/aromatic N) is 2. The summed E-state index contributed by atoms with van der Waals surface area (Å²) >= 11 is 5.42. The van der Waals surface area contributed by atoms with E-state index in [1.165, 1.54) is 0 Å². The maximum Gasteiger partial charge on any atom is 0.574 e. The molecular weight excluding hydrogens is 221 g/mol. The molecule has 7 heteroatoms. The average molecular weight is 228 g/mol. The van der Waals surface area contributed by atoms with Crippen LogP contribution in [-0.4, -0.2) is 16.1 Å². The Morgan fingerprint density at radius 2 is 2.21 bits per heavy atom. The highest BCUT2D eigenvalue weighted by Gasteiger charge is 2.34. The Balaban J connectivity index is 2.88. The number of alkyl halides is 3. The van der Waals surface area contributed by atoms with Crippen molar-refractivity contribution in [2.24, 2.45) is 0 Å². The lowest BCUT2D eigenvalue weighted by molar-refractivity contribution is -0.277. The Hall–Kier alpha value is -0.910. The number of aryl methyl sites for hydroxylation is 1. The summed E-state index contributed by atoms with van der Waals surface area (Å²) in [6, 6.07) is 0. The van der Waals surface area contributed by atoms with Crippen LogP contribution in [0.15, 0.2) is 0 Å². The van der Waals surface area contributed by atoms with Gasteiger partial charge in [-0.25, -0.2) is 4.68 Å². The summed E-state index contributed by atoms with van der Waals surface area (Å²) in [5, 5.41) is 3.26. The maximum absolute atomic E-state index is 11.9. The van der Waals surface area contributed by atoms with Crippen LogP contribution >= 0.6 is 11.6 Å². The van der Waals surface area contributed by atoms with E-state index in [9.17, 15) is 13.2 Å². The quantitative estimate of drug-likeness (QED) is 0.794. The molecule has 0 aliphatic heterocycles. The van der Waals surface area contributed by atoms with E-state index in [1.807, 2.05) is 0 Å². The molecule has 1 aromatic rings. The Morgan fingerprint density at radius 3 is 2.71 bits per heavy atom. The minimum Gasteiger partial charge on any atom is -0.386 e. The molecule has 0 saturated carbocycles. The lowest BCUT2D eigenvalue weighted by Crippen LogP contribution is -2.20. The van der Waals surface area contributed by atoms with Crippen LogP contribution in [0.4, 0.5) is 13.2 Å². The molecule has 1 rings (SSSR count). The van der Waals surface area contributed by atoms with Crippen LogP contribution in [0.5, 0.6) is 5.88 Å². The number of ether oxygens (including phenoxy) is 1. The maximum atomic E-state index is 11.9. The third kappa shape index (κ3) is 2.80. The van der Waals surface area contributed by atoms with Gasteiger partial charge in [-0.3, -0.25) is 0 Å². The molecule has 0 N–H and O–H groups in total. The van der Waals surface area contributed by atoms with Crippen LogP contribution in [0, 0.1) is 6.20 Å². The second-order valence-corrected chi connectivity index (χ2v) is 2.88. The number of hydrogen-bond acceptors (Lipinski definition) is 2. The van der Waals surface area contributed by atoms with Crippen molar-refractivity contribution in [2.45, 2.75) is 26.3 Å². The van der Waals surface area contributed by atoms with Crippen LogP contribution in [0.2, 0.25) is 5.02 Å². The Kier molecular flexibility index (Phi) is 3.25. The molecule has 14 heavy (non-hydrogen) atoms. The van der Waals surface area contributed by atoms with Crippen molar-refractivity contribution >= 4 is 11.6 Å². The van der Waals surface area contributed by atoms with Crippen molar-refractivity contribution < 1.29 is 17.9 Å². The number of aromatic nitrogens is 2. The third-order valence-electron chi connectivity index (χ3n) is 1.34. The zero-order valence-corrected chi connectivity index (χ0v) is 7.98. The third-order valence-corrected chi connectivity index (χ3v) is 1.59. The summed E-state index contributed by atoms with van der Waals surface area (Å²) in [4.78, 5) is 0. The SMILES string of the molecule is CCCn1n[c]c(Cl)c1OC(F)(F)F. The molecule has 0 fully saturated rings. The first-order valence-corrected chi connectivity index (χ1v) is 4.21. The lowest BCUT2D eigenvalue weighted by Gasteiger charge is -2.10. The Labute approximate surface area is 83.4 Å². The minimum atomic E-state index is -4.76. The van der Waals surface area contributed by atoms with Crippen molar-refractivity contribution in [3.05, 3.63) is 11.2 Å². The van der Waals surface area contributed by atoms with Crippen LogP contribution < -0.4 is 4.74 Å². The van der Waals surface area contributed by atoms with Crippen molar-refractivity contribution in [3.63, 3.8) is 0 Å². The minimum absolute atomic E-state index is 0.268. The lowest BCUT2D eigenvalue weighted by atomic mass is 10.5. The van der Waals surface area contributed by atoms with Gasteiger partial charge in [0.2, 0.25) is 5.88 Å². The fourth-order valence-corrected chi connectivity index (χ4v) is 1.06. The fourth-order valence-electron chi connectivity index (χ4n) is 0.881. The van der Waals surface area contributed by atoms with Gasteiger partial charge in [-0.1, -0.05) is 18.5 Å². The van der Waals surface area contributed by atoms with Crippen molar-refractivity contribution in [3.8, 4) is 5.88 Å². The topological polar surface area (TPSA) is 27.1 Å². The molecule has 0 saturated heterocycles. The van der Waals surface area contributed by atoms with Gasteiger partial charge in [0, 0.05) is 6.54 Å². The number of halogens is 4. The molecule has 0 unspecified atom stereocenters. The van der Waals surface area contributed by atoms with E-state index in [4.69, 9.17) is 11.6 Å². The van der Waals surface area contributed by atoms with Crippen molar-refractivity contribution in [2.75, 3.05) is 0 Å². The molecule has 0 aliphatic rings. The van der Waals surface area contributed by atoms with Gasteiger partial charge in [0.1, 0.15) is 11.2 Å². The normalized spacial score (nSPS) is 11.8. The van der Waals surface area contributed by atoms with Crippen LogP contribution in [0.1, 0.15) is 13.3 Å². The molecule has 0 amide bonds. The smallest absolute Gasteiger partial charge is 0.386 e. The van der Waals surface area contributed by atoms with Gasteiger partial charge in [-0.2, -0.15) is 5.10 Å². The molecule has 0 spiro atoms. The molecular formula is C7H7ClF3N2O. The summed E-state index contributed by atoms with van der Waals surface area (Å²) < 4.78 is 40.4. The monoisotopic (exact) mass is 227 g/mol. The first kappa shape index (κ1) is 11.2. The van der Waals surface area contributed by atoms with Gasteiger partial charge in [-0.05, 0) is 6.42 Å². The standard InChI is InChI=1S/C7H7ClF3N2O/c1-2-3-13-6(5(8)4-12-13)14-7(9,10)11/h2-3H2,1H3. The first-order valence-electron chi connectivity index (χ1n) is 3.83. The first-order chi connectivity index (χ1) is 6.44. The summed E-state index contributed by atoms with van der Waals surface area (Å²) in [6.07, 6.45) is -1.94. The highest BCUT2D eigenvalue weighted by atomic mass is 35.5. The van der Waals surface area contributed by atoms with Crippen LogP contribution in [0.25, 0.3) is 0 Å².